The lowest BCUT2D eigenvalue weighted by molar-refractivity contribution is 0.262. The van der Waals surface area contributed by atoms with Crippen molar-refractivity contribution in [3.63, 3.8) is 0 Å². The van der Waals surface area contributed by atoms with Crippen molar-refractivity contribution in [3.05, 3.63) is 71.4 Å². The molecular formula is C20H18FN3O3S2. The highest BCUT2D eigenvalue weighted by molar-refractivity contribution is 7.94. The number of urea groups is 1. The summed E-state index contributed by atoms with van der Waals surface area (Å²) in [5.41, 5.74) is 2.41. The molecule has 0 fully saturated rings. The van der Waals surface area contributed by atoms with Gasteiger partial charge >= 0.3 is 6.03 Å². The van der Waals surface area contributed by atoms with Crippen LogP contribution in [0.25, 0.3) is 0 Å². The highest BCUT2D eigenvalue weighted by atomic mass is 32.2. The van der Waals surface area contributed by atoms with Gasteiger partial charge in [-0.1, -0.05) is 12.1 Å². The van der Waals surface area contributed by atoms with E-state index in [-0.39, 0.29) is 4.21 Å². The zero-order valence-electron chi connectivity index (χ0n) is 15.3. The topological polar surface area (TPSA) is 78.5 Å². The van der Waals surface area contributed by atoms with Gasteiger partial charge in [0.25, 0.3) is 10.0 Å². The van der Waals surface area contributed by atoms with Crippen LogP contribution < -0.4 is 14.9 Å². The monoisotopic (exact) mass is 431 g/mol. The number of rotatable bonds is 4. The van der Waals surface area contributed by atoms with Crippen LogP contribution in [-0.2, 0) is 16.4 Å². The third-order valence-electron chi connectivity index (χ3n) is 4.56. The molecule has 0 atom stereocenters. The Morgan fingerprint density at radius 3 is 2.48 bits per heavy atom. The number of benzene rings is 2. The van der Waals surface area contributed by atoms with E-state index in [0.29, 0.717) is 23.6 Å². The molecule has 0 unspecified atom stereocenters. The maximum atomic E-state index is 13.0. The predicted octanol–water partition coefficient (Wildman–Crippen LogP) is 4.67. The zero-order valence-corrected chi connectivity index (χ0v) is 16.9. The molecule has 150 valence electrons. The van der Waals surface area contributed by atoms with Crippen LogP contribution in [0.2, 0.25) is 0 Å². The van der Waals surface area contributed by atoms with Gasteiger partial charge in [-0.05, 0) is 66.2 Å². The first-order chi connectivity index (χ1) is 13.9. The predicted molar refractivity (Wildman–Crippen MR) is 113 cm³/mol. The van der Waals surface area contributed by atoms with Crippen molar-refractivity contribution in [2.45, 2.75) is 17.1 Å². The molecule has 1 aliphatic rings. The van der Waals surface area contributed by atoms with Crippen LogP contribution in [0.4, 0.5) is 26.2 Å². The van der Waals surface area contributed by atoms with Gasteiger partial charge in [0.1, 0.15) is 10.0 Å². The first kappa shape index (κ1) is 19.4. The molecule has 29 heavy (non-hydrogen) atoms. The lowest BCUT2D eigenvalue weighted by atomic mass is 10.0. The molecule has 1 aliphatic heterocycles. The van der Waals surface area contributed by atoms with Crippen LogP contribution in [-0.4, -0.2) is 21.0 Å². The third kappa shape index (κ3) is 4.10. The lowest BCUT2D eigenvalue weighted by Crippen LogP contribution is -2.35. The summed E-state index contributed by atoms with van der Waals surface area (Å²) >= 11 is 1.18. The van der Waals surface area contributed by atoms with Gasteiger partial charge in [0.2, 0.25) is 0 Å². The molecule has 0 bridgehead atoms. The van der Waals surface area contributed by atoms with E-state index in [1.807, 2.05) is 6.07 Å². The Morgan fingerprint density at radius 1 is 1.03 bits per heavy atom. The molecule has 2 heterocycles. The van der Waals surface area contributed by atoms with Crippen molar-refractivity contribution in [1.82, 2.24) is 0 Å². The molecule has 0 radical (unpaired) electrons. The van der Waals surface area contributed by atoms with E-state index in [9.17, 15) is 17.6 Å². The van der Waals surface area contributed by atoms with Gasteiger partial charge in [0, 0.05) is 17.9 Å². The van der Waals surface area contributed by atoms with Crippen molar-refractivity contribution in [3.8, 4) is 0 Å². The van der Waals surface area contributed by atoms with Crippen LogP contribution in [0.5, 0.6) is 0 Å². The second-order valence-corrected chi connectivity index (χ2v) is 9.58. The Bertz CT molecular complexity index is 1130. The van der Waals surface area contributed by atoms with E-state index in [1.54, 1.807) is 29.6 Å². The normalized spacial score (nSPS) is 13.6. The Hall–Kier alpha value is -2.91. The van der Waals surface area contributed by atoms with E-state index in [1.165, 1.54) is 39.9 Å². The Balaban J connectivity index is 1.57. The average molecular weight is 432 g/mol. The number of nitrogens with one attached hydrogen (secondary N) is 2. The number of sulfonamides is 1. The maximum Gasteiger partial charge on any atom is 0.323 e. The minimum absolute atomic E-state index is 0.290. The van der Waals surface area contributed by atoms with Crippen LogP contribution in [0, 0.1) is 5.82 Å². The summed E-state index contributed by atoms with van der Waals surface area (Å²) in [5, 5.41) is 7.05. The smallest absolute Gasteiger partial charge is 0.308 e. The fraction of sp³-hybridized carbons (Fsp3) is 0.150. The second kappa shape index (κ2) is 7.84. The van der Waals surface area contributed by atoms with E-state index >= 15 is 0 Å². The highest BCUT2D eigenvalue weighted by Gasteiger charge is 2.30. The minimum atomic E-state index is -3.64. The molecule has 2 aromatic carbocycles. The first-order valence-corrected chi connectivity index (χ1v) is 11.3. The zero-order chi connectivity index (χ0) is 20.4. The van der Waals surface area contributed by atoms with Gasteiger partial charge in [0.05, 0.1) is 5.69 Å². The largest absolute Gasteiger partial charge is 0.323 e. The number of amides is 2. The number of hydrogen-bond donors (Lipinski definition) is 2. The van der Waals surface area contributed by atoms with Crippen LogP contribution >= 0.6 is 11.3 Å². The fourth-order valence-corrected chi connectivity index (χ4v) is 5.85. The number of thiophene rings is 1. The molecule has 4 rings (SSSR count). The Morgan fingerprint density at radius 2 is 1.76 bits per heavy atom. The van der Waals surface area contributed by atoms with Crippen molar-refractivity contribution in [2.24, 2.45) is 0 Å². The number of nitrogens with zero attached hydrogens (tertiary/aromatic N) is 1. The summed E-state index contributed by atoms with van der Waals surface area (Å²) in [6.07, 6.45) is 1.50. The molecular weight excluding hydrogens is 413 g/mol. The Kier molecular flexibility index (Phi) is 5.25. The van der Waals surface area contributed by atoms with E-state index in [4.69, 9.17) is 0 Å². The molecule has 0 saturated carbocycles. The second-order valence-electron chi connectivity index (χ2n) is 6.54. The maximum absolute atomic E-state index is 13.0. The number of carbonyl (C=O) groups is 1. The number of halogens is 1. The van der Waals surface area contributed by atoms with Gasteiger partial charge in [-0.3, -0.25) is 4.31 Å². The van der Waals surface area contributed by atoms with E-state index < -0.39 is 21.9 Å². The van der Waals surface area contributed by atoms with Gasteiger partial charge in [-0.15, -0.1) is 11.3 Å². The number of hydrogen-bond acceptors (Lipinski definition) is 4. The highest BCUT2D eigenvalue weighted by Crippen LogP contribution is 2.35. The van der Waals surface area contributed by atoms with Crippen molar-refractivity contribution in [1.29, 1.82) is 0 Å². The molecule has 0 spiro atoms. The quantitative estimate of drug-likeness (QED) is 0.630. The molecule has 2 amide bonds. The lowest BCUT2D eigenvalue weighted by Gasteiger charge is -2.30. The van der Waals surface area contributed by atoms with Crippen molar-refractivity contribution >= 4 is 44.5 Å². The van der Waals surface area contributed by atoms with Crippen molar-refractivity contribution < 1.29 is 17.6 Å². The van der Waals surface area contributed by atoms with Gasteiger partial charge in [0.15, 0.2) is 0 Å². The van der Waals surface area contributed by atoms with E-state index in [0.717, 1.165) is 18.4 Å². The number of aryl methyl sites for hydroxylation is 1. The summed E-state index contributed by atoms with van der Waals surface area (Å²) < 4.78 is 40.7. The summed E-state index contributed by atoms with van der Waals surface area (Å²) in [6.45, 7) is 0.387. The number of fused-ring (bicyclic) bond motifs is 1. The van der Waals surface area contributed by atoms with Crippen LogP contribution in [0.15, 0.2) is 64.2 Å². The SMILES string of the molecule is O=C(Nc1ccc(F)cc1)Nc1ccc2c(c1)N(S(=O)(=O)c1cccs1)CCC2. The number of carbonyl (C=O) groups excluding carboxylic acids is 1. The Labute approximate surface area is 172 Å². The molecule has 1 aromatic heterocycles. The molecule has 3 aromatic rings. The van der Waals surface area contributed by atoms with Gasteiger partial charge in [-0.25, -0.2) is 17.6 Å². The van der Waals surface area contributed by atoms with Crippen LogP contribution in [0.1, 0.15) is 12.0 Å². The molecule has 0 aliphatic carbocycles. The third-order valence-corrected chi connectivity index (χ3v) is 7.75. The summed E-state index contributed by atoms with van der Waals surface area (Å²) in [7, 11) is -3.64. The summed E-state index contributed by atoms with van der Waals surface area (Å²) in [6, 6.07) is 13.5. The molecule has 9 heteroatoms. The number of anilines is 3. The van der Waals surface area contributed by atoms with Gasteiger partial charge in [-0.2, -0.15) is 0 Å². The molecule has 2 N–H and O–H groups in total. The van der Waals surface area contributed by atoms with Gasteiger partial charge < -0.3 is 10.6 Å². The van der Waals surface area contributed by atoms with Crippen molar-refractivity contribution in [2.75, 3.05) is 21.5 Å². The summed E-state index contributed by atoms with van der Waals surface area (Å²) in [4.78, 5) is 12.3. The fourth-order valence-electron chi connectivity index (χ4n) is 3.21. The van der Waals surface area contributed by atoms with Crippen LogP contribution in [0.3, 0.4) is 0 Å². The minimum Gasteiger partial charge on any atom is -0.308 e. The summed E-state index contributed by atoms with van der Waals surface area (Å²) in [5.74, 6) is -0.391. The first-order valence-electron chi connectivity index (χ1n) is 8.96. The van der Waals surface area contributed by atoms with E-state index in [2.05, 4.69) is 10.6 Å². The molecule has 0 saturated heterocycles. The average Bonchev–Trinajstić information content (AvgIpc) is 3.25. The molecule has 6 nitrogen and oxygen atoms in total. The standard InChI is InChI=1S/C20H18FN3O3S2/c21-15-6-9-16(10-7-15)22-20(25)23-17-8-5-14-3-1-11-24(18(14)13-17)29(26,27)19-4-2-12-28-19/h2,4-10,12-13H,1,3,11H2,(H2,22,23,25).